The zero-order valence-electron chi connectivity index (χ0n) is 21.1. The summed E-state index contributed by atoms with van der Waals surface area (Å²) in [5, 5.41) is 19.4. The number of ether oxygens (including phenoxy) is 1. The molecule has 2 rings (SSSR count). The van der Waals surface area contributed by atoms with Gasteiger partial charge in [-0.3, -0.25) is 0 Å². The predicted octanol–water partition coefficient (Wildman–Crippen LogP) is 7.85. The number of aromatic nitrogens is 1. The van der Waals surface area contributed by atoms with E-state index in [4.69, 9.17) is 27.9 Å². The smallest absolute Gasteiger partial charge is 0.342 e. The van der Waals surface area contributed by atoms with Crippen LogP contribution in [0.4, 0.5) is 0 Å². The van der Waals surface area contributed by atoms with E-state index in [1.165, 1.54) is 70.3 Å². The molecule has 0 unspecified atom stereocenters. The number of hydrogen-bond donors (Lipinski definition) is 2. The molecule has 2 aromatic rings. The van der Waals surface area contributed by atoms with Gasteiger partial charge in [0, 0.05) is 18.6 Å². The molecular weight excluding hydrogens is 485 g/mol. The lowest BCUT2D eigenvalue weighted by molar-refractivity contribution is -0.697. The fraction of sp³-hybridized carbons (Fsp3) is 0.571. The molecule has 0 fully saturated rings. The highest BCUT2D eigenvalue weighted by Crippen LogP contribution is 2.44. The van der Waals surface area contributed by atoms with Crippen molar-refractivity contribution in [2.75, 3.05) is 6.61 Å². The first kappa shape index (κ1) is 29.3. The van der Waals surface area contributed by atoms with Crippen LogP contribution in [0.15, 0.2) is 24.5 Å². The number of pyridine rings is 1. The number of phenols is 2. The molecule has 0 spiro atoms. The Balaban J connectivity index is 1.43. The SMILES string of the molecule is Cc1cc[n+](CCCCCCCCCCCCCCOC(=O)c2c(C)c(Cl)c(O)c(Cl)c2O)cc1. The van der Waals surface area contributed by atoms with E-state index in [0.29, 0.717) is 0 Å². The number of esters is 1. The van der Waals surface area contributed by atoms with Crippen LogP contribution in [0.3, 0.4) is 0 Å². The number of carbonyl (C=O) groups excluding carboxylic acids is 1. The molecule has 7 heteroatoms. The van der Waals surface area contributed by atoms with E-state index in [1.807, 2.05) is 0 Å². The second kappa shape index (κ2) is 15.9. The number of rotatable bonds is 16. The molecule has 0 aliphatic carbocycles. The molecule has 1 aromatic heterocycles. The first-order chi connectivity index (χ1) is 16.8. The predicted molar refractivity (Wildman–Crippen MR) is 142 cm³/mol. The van der Waals surface area contributed by atoms with E-state index in [9.17, 15) is 15.0 Å². The average molecular weight is 526 g/mol. The van der Waals surface area contributed by atoms with E-state index < -0.39 is 17.5 Å². The van der Waals surface area contributed by atoms with Gasteiger partial charge in [-0.15, -0.1) is 0 Å². The Labute approximate surface area is 220 Å². The van der Waals surface area contributed by atoms with Crippen LogP contribution in [-0.4, -0.2) is 22.8 Å². The Bertz CT molecular complexity index is 903. The first-order valence-corrected chi connectivity index (χ1v) is 13.6. The minimum absolute atomic E-state index is 0.0584. The second-order valence-electron chi connectivity index (χ2n) is 9.32. The van der Waals surface area contributed by atoms with Gasteiger partial charge in [0.15, 0.2) is 23.9 Å². The second-order valence-corrected chi connectivity index (χ2v) is 10.1. The summed E-state index contributed by atoms with van der Waals surface area (Å²) in [6.45, 7) is 5.03. The standard InChI is InChI=1S/C28H39Cl2NO4/c1-21-15-18-31(19-16-21)17-13-11-9-7-5-3-4-6-8-10-12-14-20-35-28(34)23-22(2)24(29)27(33)25(30)26(23)32/h15-16,18-19H,3-14,17,20H2,1-2H3,(H-,32,33,34)/p+1. The van der Waals surface area contributed by atoms with Gasteiger partial charge in [0.05, 0.1) is 11.6 Å². The molecule has 1 heterocycles. The summed E-state index contributed by atoms with van der Waals surface area (Å²) < 4.78 is 7.54. The third-order valence-corrected chi connectivity index (χ3v) is 7.19. The number of halogens is 2. The number of phenolic OH excluding ortho intramolecular Hbond substituents is 2. The van der Waals surface area contributed by atoms with Crippen molar-refractivity contribution in [3.8, 4) is 11.5 Å². The topological polar surface area (TPSA) is 70.6 Å². The quantitative estimate of drug-likeness (QED) is 0.133. The van der Waals surface area contributed by atoms with E-state index in [1.54, 1.807) is 0 Å². The Morgan fingerprint density at radius 2 is 1.26 bits per heavy atom. The number of hydrogen-bond acceptors (Lipinski definition) is 4. The summed E-state index contributed by atoms with van der Waals surface area (Å²) in [7, 11) is 0. The Hall–Kier alpha value is -1.98. The summed E-state index contributed by atoms with van der Waals surface area (Å²) in [5.41, 5.74) is 1.46. The Kier molecular flexibility index (Phi) is 13.3. The number of aromatic hydroxyl groups is 2. The third kappa shape index (κ3) is 9.89. The molecule has 2 N–H and O–H groups in total. The number of unbranched alkanes of at least 4 members (excludes halogenated alkanes) is 11. The van der Waals surface area contributed by atoms with Gasteiger partial charge in [0.2, 0.25) is 0 Å². The molecule has 0 aliphatic rings. The monoisotopic (exact) mass is 524 g/mol. The summed E-state index contributed by atoms with van der Waals surface area (Å²) >= 11 is 11.8. The molecule has 5 nitrogen and oxygen atoms in total. The zero-order chi connectivity index (χ0) is 25.6. The molecule has 194 valence electrons. The molecule has 0 saturated carbocycles. The van der Waals surface area contributed by atoms with Crippen LogP contribution < -0.4 is 4.57 Å². The number of nitrogens with zero attached hydrogens (tertiary/aromatic N) is 1. The summed E-state index contributed by atoms with van der Waals surface area (Å²) in [4.78, 5) is 12.3. The fourth-order valence-corrected chi connectivity index (χ4v) is 4.54. The van der Waals surface area contributed by atoms with Gasteiger partial charge in [-0.05, 0) is 37.8 Å². The summed E-state index contributed by atoms with van der Waals surface area (Å²) in [6.07, 6.45) is 18.8. The van der Waals surface area contributed by atoms with Crippen molar-refractivity contribution in [1.82, 2.24) is 0 Å². The maximum absolute atomic E-state index is 12.3. The van der Waals surface area contributed by atoms with Crippen molar-refractivity contribution in [3.63, 3.8) is 0 Å². The lowest BCUT2D eigenvalue weighted by Gasteiger charge is -2.13. The van der Waals surface area contributed by atoms with E-state index >= 15 is 0 Å². The van der Waals surface area contributed by atoms with Gasteiger partial charge in [0.25, 0.3) is 0 Å². The van der Waals surface area contributed by atoms with Gasteiger partial charge in [-0.1, -0.05) is 81.0 Å². The summed E-state index contributed by atoms with van der Waals surface area (Å²) in [5.74, 6) is -1.62. The van der Waals surface area contributed by atoms with Crippen molar-refractivity contribution < 1.29 is 24.3 Å². The zero-order valence-corrected chi connectivity index (χ0v) is 22.6. The highest BCUT2D eigenvalue weighted by Gasteiger charge is 2.24. The fourth-order valence-electron chi connectivity index (χ4n) is 4.12. The van der Waals surface area contributed by atoms with Gasteiger partial charge in [-0.25, -0.2) is 9.36 Å². The first-order valence-electron chi connectivity index (χ1n) is 12.8. The number of aryl methyl sites for hydroxylation is 2. The summed E-state index contributed by atoms with van der Waals surface area (Å²) in [6, 6.07) is 4.32. The van der Waals surface area contributed by atoms with Crippen LogP contribution in [0.5, 0.6) is 11.5 Å². The van der Waals surface area contributed by atoms with E-state index in [2.05, 4.69) is 36.0 Å². The molecule has 0 saturated heterocycles. The van der Waals surface area contributed by atoms with Crippen LogP contribution >= 0.6 is 23.2 Å². The minimum atomic E-state index is -0.683. The van der Waals surface area contributed by atoms with Crippen molar-refractivity contribution in [1.29, 1.82) is 0 Å². The molecule has 0 aliphatic heterocycles. The van der Waals surface area contributed by atoms with Crippen molar-refractivity contribution in [2.45, 2.75) is 97.4 Å². The van der Waals surface area contributed by atoms with Crippen molar-refractivity contribution >= 4 is 29.2 Å². The van der Waals surface area contributed by atoms with Gasteiger partial charge in [0.1, 0.15) is 17.1 Å². The molecule has 0 bridgehead atoms. The minimum Gasteiger partial charge on any atom is -0.505 e. The maximum atomic E-state index is 12.3. The molecule has 0 amide bonds. The lowest BCUT2D eigenvalue weighted by Crippen LogP contribution is -2.32. The van der Waals surface area contributed by atoms with Crippen molar-refractivity contribution in [3.05, 3.63) is 51.3 Å². The van der Waals surface area contributed by atoms with E-state index in [-0.39, 0.29) is 27.8 Å². The van der Waals surface area contributed by atoms with Crippen LogP contribution in [-0.2, 0) is 11.3 Å². The largest absolute Gasteiger partial charge is 0.505 e. The van der Waals surface area contributed by atoms with Gasteiger partial charge < -0.3 is 14.9 Å². The highest BCUT2D eigenvalue weighted by molar-refractivity contribution is 6.39. The number of carbonyl (C=O) groups is 1. The highest BCUT2D eigenvalue weighted by atomic mass is 35.5. The number of benzene rings is 1. The normalized spacial score (nSPS) is 11.1. The van der Waals surface area contributed by atoms with Crippen molar-refractivity contribution in [2.24, 2.45) is 0 Å². The molecule has 35 heavy (non-hydrogen) atoms. The molecule has 0 radical (unpaired) electrons. The van der Waals surface area contributed by atoms with Crippen LogP contribution in [0.25, 0.3) is 0 Å². The Morgan fingerprint density at radius 1 is 0.771 bits per heavy atom. The van der Waals surface area contributed by atoms with Gasteiger partial charge >= 0.3 is 5.97 Å². The average Bonchev–Trinajstić information content (AvgIpc) is 2.85. The van der Waals surface area contributed by atoms with Gasteiger partial charge in [-0.2, -0.15) is 0 Å². The van der Waals surface area contributed by atoms with Crippen LogP contribution in [0.1, 0.15) is 98.5 Å². The third-order valence-electron chi connectivity index (χ3n) is 6.37. The van der Waals surface area contributed by atoms with Crippen LogP contribution in [0, 0.1) is 13.8 Å². The molecule has 0 atom stereocenters. The lowest BCUT2D eigenvalue weighted by atomic mass is 10.1. The van der Waals surface area contributed by atoms with Crippen LogP contribution in [0.2, 0.25) is 10.0 Å². The molecular formula is C28H40Cl2NO4+. The van der Waals surface area contributed by atoms with E-state index in [0.717, 1.165) is 25.8 Å². The molecule has 1 aromatic carbocycles. The Morgan fingerprint density at radius 3 is 1.80 bits per heavy atom. The maximum Gasteiger partial charge on any atom is 0.342 e.